The summed E-state index contributed by atoms with van der Waals surface area (Å²) < 4.78 is 11.0. The maximum Gasteiger partial charge on any atom is 0.410 e. The van der Waals surface area contributed by atoms with E-state index in [1.165, 1.54) is 17.0 Å². The van der Waals surface area contributed by atoms with Crippen molar-refractivity contribution in [2.75, 3.05) is 19.7 Å². The van der Waals surface area contributed by atoms with Gasteiger partial charge in [0, 0.05) is 18.7 Å². The number of hydrogen-bond donors (Lipinski definition) is 1. The molecule has 0 spiro atoms. The fourth-order valence-corrected chi connectivity index (χ4v) is 2.65. The Labute approximate surface area is 176 Å². The van der Waals surface area contributed by atoms with Crippen LogP contribution in [0.25, 0.3) is 0 Å². The van der Waals surface area contributed by atoms with Gasteiger partial charge in [-0.1, -0.05) is 30.3 Å². The van der Waals surface area contributed by atoms with Crippen LogP contribution in [0.15, 0.2) is 54.6 Å². The van der Waals surface area contributed by atoms with Crippen molar-refractivity contribution in [3.05, 3.63) is 70.3 Å². The Balaban J connectivity index is 1.98. The van der Waals surface area contributed by atoms with Crippen molar-refractivity contribution in [2.24, 2.45) is 0 Å². The average molecular weight is 416 g/mol. The van der Waals surface area contributed by atoms with Crippen LogP contribution in [0.3, 0.4) is 0 Å². The standard InChI is InChI=1S/C22H28N2O6/c1-22(2,3)30-21(26)23(14-13-17-9-11-18(12-10-17)24(27)28)15-19(25)16-29-20-7-5-4-6-8-20/h4-12,19,25H,13-16H2,1-3H3. The molecule has 0 fully saturated rings. The molecule has 2 aromatic carbocycles. The Bertz CT molecular complexity index is 818. The molecule has 8 heteroatoms. The van der Waals surface area contributed by atoms with Gasteiger partial charge in [0.1, 0.15) is 24.1 Å². The molecule has 1 atom stereocenters. The minimum Gasteiger partial charge on any atom is -0.491 e. The number of ether oxygens (including phenoxy) is 2. The van der Waals surface area contributed by atoms with Crippen molar-refractivity contribution in [3.63, 3.8) is 0 Å². The SMILES string of the molecule is CC(C)(C)OC(=O)N(CCc1ccc([N+](=O)[O-])cc1)CC(O)COc1ccccc1. The van der Waals surface area contributed by atoms with Crippen LogP contribution in [0.2, 0.25) is 0 Å². The highest BCUT2D eigenvalue weighted by atomic mass is 16.6. The second-order valence-corrected chi connectivity index (χ2v) is 7.88. The third-order valence-corrected chi connectivity index (χ3v) is 4.09. The molecule has 2 rings (SSSR count). The Morgan fingerprint density at radius 1 is 1.13 bits per heavy atom. The predicted molar refractivity (Wildman–Crippen MR) is 113 cm³/mol. The molecule has 162 valence electrons. The Hall–Kier alpha value is -3.13. The third-order valence-electron chi connectivity index (χ3n) is 4.09. The number of para-hydroxylation sites is 1. The van der Waals surface area contributed by atoms with Crippen molar-refractivity contribution in [1.82, 2.24) is 4.90 Å². The molecule has 0 aliphatic heterocycles. The number of carbonyl (C=O) groups is 1. The van der Waals surface area contributed by atoms with Crippen molar-refractivity contribution in [2.45, 2.75) is 38.9 Å². The molecular formula is C22H28N2O6. The molecule has 8 nitrogen and oxygen atoms in total. The smallest absolute Gasteiger partial charge is 0.410 e. The maximum absolute atomic E-state index is 12.6. The number of carbonyl (C=O) groups excluding carboxylic acids is 1. The van der Waals surface area contributed by atoms with Crippen molar-refractivity contribution in [3.8, 4) is 5.75 Å². The number of nitro groups is 1. The summed E-state index contributed by atoms with van der Waals surface area (Å²) in [6.45, 7) is 5.67. The molecule has 0 aliphatic rings. The lowest BCUT2D eigenvalue weighted by Gasteiger charge is -2.29. The molecular weight excluding hydrogens is 388 g/mol. The first-order chi connectivity index (χ1) is 14.1. The number of aliphatic hydroxyl groups excluding tert-OH is 1. The van der Waals surface area contributed by atoms with Gasteiger partial charge < -0.3 is 19.5 Å². The third kappa shape index (κ3) is 8.08. The van der Waals surface area contributed by atoms with E-state index in [0.29, 0.717) is 12.2 Å². The van der Waals surface area contributed by atoms with Gasteiger partial charge >= 0.3 is 6.09 Å². The molecule has 1 amide bonds. The Morgan fingerprint density at radius 3 is 2.33 bits per heavy atom. The molecule has 0 aliphatic carbocycles. The van der Waals surface area contributed by atoms with Crippen LogP contribution >= 0.6 is 0 Å². The lowest BCUT2D eigenvalue weighted by Crippen LogP contribution is -2.43. The summed E-state index contributed by atoms with van der Waals surface area (Å²) in [7, 11) is 0. The number of benzene rings is 2. The molecule has 0 aromatic heterocycles. The van der Waals surface area contributed by atoms with E-state index in [-0.39, 0.29) is 25.4 Å². The first-order valence-corrected chi connectivity index (χ1v) is 9.71. The summed E-state index contributed by atoms with van der Waals surface area (Å²) in [5, 5.41) is 21.2. The summed E-state index contributed by atoms with van der Waals surface area (Å²) in [6, 6.07) is 15.3. The topological polar surface area (TPSA) is 102 Å². The monoisotopic (exact) mass is 416 g/mol. The predicted octanol–water partition coefficient (Wildman–Crippen LogP) is 3.81. The Kier molecular flexibility index (Phi) is 8.17. The minimum absolute atomic E-state index is 0.0104. The second-order valence-electron chi connectivity index (χ2n) is 7.88. The van der Waals surface area contributed by atoms with Gasteiger partial charge in [-0.25, -0.2) is 4.79 Å². The normalized spacial score (nSPS) is 12.1. The molecule has 1 unspecified atom stereocenters. The Morgan fingerprint density at radius 2 is 1.77 bits per heavy atom. The fourth-order valence-electron chi connectivity index (χ4n) is 2.65. The number of hydrogen-bond acceptors (Lipinski definition) is 6. The van der Waals surface area contributed by atoms with Crippen LogP contribution in [-0.4, -0.2) is 52.4 Å². The van der Waals surface area contributed by atoms with Crippen LogP contribution in [0, 0.1) is 10.1 Å². The van der Waals surface area contributed by atoms with E-state index < -0.39 is 22.7 Å². The zero-order chi connectivity index (χ0) is 22.1. The highest BCUT2D eigenvalue weighted by Crippen LogP contribution is 2.15. The number of rotatable bonds is 9. The van der Waals surface area contributed by atoms with Crippen molar-refractivity contribution in [1.29, 1.82) is 0 Å². The lowest BCUT2D eigenvalue weighted by atomic mass is 10.1. The quantitative estimate of drug-likeness (QED) is 0.493. The van der Waals surface area contributed by atoms with Crippen molar-refractivity contribution >= 4 is 11.8 Å². The lowest BCUT2D eigenvalue weighted by molar-refractivity contribution is -0.384. The maximum atomic E-state index is 12.6. The van der Waals surface area contributed by atoms with Gasteiger partial charge in [0.2, 0.25) is 0 Å². The summed E-state index contributed by atoms with van der Waals surface area (Å²) in [5.41, 5.74) is 0.175. The summed E-state index contributed by atoms with van der Waals surface area (Å²) >= 11 is 0. The molecule has 0 radical (unpaired) electrons. The zero-order valence-electron chi connectivity index (χ0n) is 17.5. The van der Waals surface area contributed by atoms with E-state index in [1.54, 1.807) is 45.0 Å². The molecule has 0 heterocycles. The first-order valence-electron chi connectivity index (χ1n) is 9.71. The molecule has 0 saturated carbocycles. The van der Waals surface area contributed by atoms with Crippen LogP contribution in [0.5, 0.6) is 5.75 Å². The second kappa shape index (κ2) is 10.6. The molecule has 0 bridgehead atoms. The van der Waals surface area contributed by atoms with E-state index in [1.807, 2.05) is 18.2 Å². The van der Waals surface area contributed by atoms with E-state index in [9.17, 15) is 20.0 Å². The van der Waals surface area contributed by atoms with Gasteiger partial charge in [-0.15, -0.1) is 0 Å². The molecule has 0 saturated heterocycles. The van der Waals surface area contributed by atoms with E-state index in [2.05, 4.69) is 0 Å². The number of nitro benzene ring substituents is 1. The molecule has 1 N–H and O–H groups in total. The number of amides is 1. The van der Waals surface area contributed by atoms with Gasteiger partial charge in [0.05, 0.1) is 11.5 Å². The number of nitrogens with zero attached hydrogens (tertiary/aromatic N) is 2. The molecule has 30 heavy (non-hydrogen) atoms. The highest BCUT2D eigenvalue weighted by Gasteiger charge is 2.24. The molecule has 2 aromatic rings. The van der Waals surface area contributed by atoms with E-state index in [0.717, 1.165) is 5.56 Å². The summed E-state index contributed by atoms with van der Waals surface area (Å²) in [6.07, 6.45) is -0.985. The van der Waals surface area contributed by atoms with Gasteiger partial charge in [0.25, 0.3) is 5.69 Å². The number of non-ortho nitro benzene ring substituents is 1. The average Bonchev–Trinajstić information content (AvgIpc) is 2.69. The minimum atomic E-state index is -0.908. The highest BCUT2D eigenvalue weighted by molar-refractivity contribution is 5.68. The van der Waals surface area contributed by atoms with Crippen molar-refractivity contribution < 1.29 is 24.3 Å². The number of aliphatic hydroxyl groups is 1. The zero-order valence-corrected chi connectivity index (χ0v) is 17.5. The first kappa shape index (κ1) is 23.2. The van der Waals surface area contributed by atoms with Crippen LogP contribution in [0.4, 0.5) is 10.5 Å². The van der Waals surface area contributed by atoms with Crippen LogP contribution in [-0.2, 0) is 11.2 Å². The largest absolute Gasteiger partial charge is 0.491 e. The summed E-state index contributed by atoms with van der Waals surface area (Å²) in [5.74, 6) is 0.631. The van der Waals surface area contributed by atoms with Gasteiger partial charge in [0.15, 0.2) is 0 Å². The van der Waals surface area contributed by atoms with Gasteiger partial charge in [-0.05, 0) is 44.9 Å². The fraction of sp³-hybridized carbons (Fsp3) is 0.409. The van der Waals surface area contributed by atoms with Gasteiger partial charge in [-0.2, -0.15) is 0 Å². The summed E-state index contributed by atoms with van der Waals surface area (Å²) in [4.78, 5) is 24.3. The van der Waals surface area contributed by atoms with Crippen LogP contribution in [0.1, 0.15) is 26.3 Å². The van der Waals surface area contributed by atoms with E-state index >= 15 is 0 Å². The van der Waals surface area contributed by atoms with E-state index in [4.69, 9.17) is 9.47 Å². The van der Waals surface area contributed by atoms with Crippen LogP contribution < -0.4 is 4.74 Å². The van der Waals surface area contributed by atoms with Gasteiger partial charge in [-0.3, -0.25) is 10.1 Å².